The fraction of sp³-hybridized carbons (Fsp3) is 0.458. The molecule has 0 aliphatic carbocycles. The van der Waals surface area contributed by atoms with Gasteiger partial charge in [0.25, 0.3) is 0 Å². The normalized spacial score (nSPS) is 28.7. The van der Waals surface area contributed by atoms with Crippen LogP contribution in [0.25, 0.3) is 0 Å². The quantitative estimate of drug-likeness (QED) is 0.682. The lowest BCUT2D eigenvalue weighted by molar-refractivity contribution is -0.171. The van der Waals surface area contributed by atoms with Crippen molar-refractivity contribution >= 4 is 17.8 Å². The Morgan fingerprint density at radius 2 is 2.09 bits per heavy atom. The summed E-state index contributed by atoms with van der Waals surface area (Å²) in [6, 6.07) is 8.88. The molecule has 2 saturated heterocycles. The summed E-state index contributed by atoms with van der Waals surface area (Å²) in [5, 5.41) is 0. The minimum Gasteiger partial charge on any atom is -0.493 e. The highest BCUT2D eigenvalue weighted by Crippen LogP contribution is 2.56. The van der Waals surface area contributed by atoms with Crippen LogP contribution < -0.4 is 4.74 Å². The number of carbonyl (C=O) groups excluding carboxylic acids is 3. The van der Waals surface area contributed by atoms with Crippen LogP contribution in [0.3, 0.4) is 0 Å². The van der Waals surface area contributed by atoms with E-state index in [1.807, 2.05) is 25.1 Å². The first-order valence-corrected chi connectivity index (χ1v) is 10.9. The molecule has 32 heavy (non-hydrogen) atoms. The average molecular weight is 438 g/mol. The molecular formula is C24H26N2O6. The van der Waals surface area contributed by atoms with Gasteiger partial charge in [0.05, 0.1) is 38.0 Å². The van der Waals surface area contributed by atoms with Gasteiger partial charge in [0, 0.05) is 11.5 Å². The second-order valence-corrected chi connectivity index (χ2v) is 8.84. The van der Waals surface area contributed by atoms with Crippen LogP contribution in [0.4, 0.5) is 0 Å². The van der Waals surface area contributed by atoms with Crippen LogP contribution in [0, 0.1) is 18.8 Å². The molecule has 3 aliphatic rings. The number of aryl methyl sites for hydroxylation is 1. The standard InChI is InChI=1S/C24H26N2O6/c1-4-30-22(28)20-17-13-32-18-8-7-14(2)10-16(18)21(17)26-19(27)12-25(23(29)24(20,26)3)11-15-6-5-9-31-15/h5-10,17,20-21H,4,11-13H2,1-3H3/t17-,20-,21+,24-/m1/s1. The van der Waals surface area contributed by atoms with Crippen LogP contribution in [0.1, 0.15) is 36.8 Å². The molecule has 0 N–H and O–H groups in total. The first-order chi connectivity index (χ1) is 15.4. The predicted molar refractivity (Wildman–Crippen MR) is 112 cm³/mol. The number of esters is 1. The smallest absolute Gasteiger partial charge is 0.312 e. The van der Waals surface area contributed by atoms with Gasteiger partial charge in [0.2, 0.25) is 11.8 Å². The first kappa shape index (κ1) is 20.6. The Kier molecular flexibility index (Phi) is 4.76. The van der Waals surface area contributed by atoms with E-state index in [4.69, 9.17) is 13.9 Å². The van der Waals surface area contributed by atoms with E-state index >= 15 is 0 Å². The summed E-state index contributed by atoms with van der Waals surface area (Å²) in [5.74, 6) is -0.919. The molecule has 0 spiro atoms. The molecule has 1 aromatic heterocycles. The summed E-state index contributed by atoms with van der Waals surface area (Å²) in [4.78, 5) is 43.7. The van der Waals surface area contributed by atoms with Crippen molar-refractivity contribution in [3.8, 4) is 5.75 Å². The number of furan rings is 1. The molecule has 2 fully saturated rings. The van der Waals surface area contributed by atoms with E-state index in [2.05, 4.69) is 0 Å². The van der Waals surface area contributed by atoms with Crippen molar-refractivity contribution in [2.75, 3.05) is 19.8 Å². The van der Waals surface area contributed by atoms with E-state index in [1.165, 1.54) is 11.2 Å². The number of amides is 2. The number of piperazine rings is 1. The minimum atomic E-state index is -1.38. The highest BCUT2D eigenvalue weighted by atomic mass is 16.5. The van der Waals surface area contributed by atoms with Crippen LogP contribution >= 0.6 is 0 Å². The maximum absolute atomic E-state index is 13.9. The molecule has 8 nitrogen and oxygen atoms in total. The third kappa shape index (κ3) is 2.85. The molecule has 168 valence electrons. The van der Waals surface area contributed by atoms with Crippen LogP contribution in [-0.2, 0) is 25.7 Å². The maximum atomic E-state index is 13.9. The molecule has 2 amide bonds. The van der Waals surface area contributed by atoms with Gasteiger partial charge in [-0.1, -0.05) is 17.7 Å². The second-order valence-electron chi connectivity index (χ2n) is 8.84. The third-order valence-electron chi connectivity index (χ3n) is 6.92. The number of benzene rings is 1. The van der Waals surface area contributed by atoms with Gasteiger partial charge in [-0.3, -0.25) is 14.4 Å². The van der Waals surface area contributed by atoms with Gasteiger partial charge in [-0.15, -0.1) is 0 Å². The first-order valence-electron chi connectivity index (χ1n) is 10.9. The van der Waals surface area contributed by atoms with Crippen molar-refractivity contribution in [2.24, 2.45) is 11.8 Å². The summed E-state index contributed by atoms with van der Waals surface area (Å²) in [7, 11) is 0. The third-order valence-corrected chi connectivity index (χ3v) is 6.92. The van der Waals surface area contributed by atoms with E-state index in [9.17, 15) is 14.4 Å². The van der Waals surface area contributed by atoms with Crippen LogP contribution in [0.5, 0.6) is 5.75 Å². The Morgan fingerprint density at radius 3 is 2.81 bits per heavy atom. The van der Waals surface area contributed by atoms with E-state index < -0.39 is 23.5 Å². The van der Waals surface area contributed by atoms with Crippen LogP contribution in [-0.4, -0.2) is 52.9 Å². The van der Waals surface area contributed by atoms with Gasteiger partial charge >= 0.3 is 5.97 Å². The Morgan fingerprint density at radius 1 is 1.28 bits per heavy atom. The van der Waals surface area contributed by atoms with Crippen LogP contribution in [0.2, 0.25) is 0 Å². The summed E-state index contributed by atoms with van der Waals surface area (Å²) in [6.07, 6.45) is 1.53. The minimum absolute atomic E-state index is 0.0735. The maximum Gasteiger partial charge on any atom is 0.312 e. The van der Waals surface area contributed by atoms with E-state index in [0.29, 0.717) is 11.5 Å². The van der Waals surface area contributed by atoms with Gasteiger partial charge in [-0.05, 0) is 39.0 Å². The molecule has 5 rings (SSSR count). The molecule has 8 heteroatoms. The van der Waals surface area contributed by atoms with Gasteiger partial charge in [-0.25, -0.2) is 0 Å². The lowest BCUT2D eigenvalue weighted by Crippen LogP contribution is -2.67. The van der Waals surface area contributed by atoms with Crippen molar-refractivity contribution in [3.05, 3.63) is 53.5 Å². The number of nitrogens with zero attached hydrogens (tertiary/aromatic N) is 2. The largest absolute Gasteiger partial charge is 0.493 e. The highest BCUT2D eigenvalue weighted by Gasteiger charge is 2.69. The van der Waals surface area contributed by atoms with Crippen molar-refractivity contribution in [1.29, 1.82) is 0 Å². The molecule has 3 aliphatic heterocycles. The lowest BCUT2D eigenvalue weighted by Gasteiger charge is -2.46. The van der Waals surface area contributed by atoms with Gasteiger partial charge in [0.15, 0.2) is 0 Å². The SMILES string of the molecule is CCOC(=O)[C@H]1[C@H]2COc3ccc(C)cc3[C@@H]2N2C(=O)CN(Cc3ccco3)C(=O)[C@@]12C. The number of rotatable bonds is 4. The molecule has 2 aromatic rings. The predicted octanol–water partition coefficient (Wildman–Crippen LogP) is 2.46. The van der Waals surface area contributed by atoms with Gasteiger partial charge < -0.3 is 23.7 Å². The number of ether oxygens (including phenoxy) is 2. The van der Waals surface area contributed by atoms with E-state index in [0.717, 1.165) is 11.1 Å². The Labute approximate surface area is 186 Å². The van der Waals surface area contributed by atoms with E-state index in [-0.39, 0.29) is 44.0 Å². The van der Waals surface area contributed by atoms with Crippen molar-refractivity contribution in [1.82, 2.24) is 9.80 Å². The lowest BCUT2D eigenvalue weighted by atomic mass is 9.77. The Balaban J connectivity index is 1.62. The zero-order chi connectivity index (χ0) is 22.6. The molecule has 0 bridgehead atoms. The fourth-order valence-electron chi connectivity index (χ4n) is 5.64. The van der Waals surface area contributed by atoms with Crippen molar-refractivity contribution in [3.63, 3.8) is 0 Å². The Hall–Kier alpha value is -3.29. The molecule has 4 heterocycles. The topological polar surface area (TPSA) is 89.3 Å². The van der Waals surface area contributed by atoms with Crippen molar-refractivity contribution in [2.45, 2.75) is 38.9 Å². The molecule has 1 aromatic carbocycles. The summed E-state index contributed by atoms with van der Waals surface area (Å²) in [5.41, 5.74) is 0.475. The fourth-order valence-corrected chi connectivity index (χ4v) is 5.64. The molecule has 0 unspecified atom stereocenters. The van der Waals surface area contributed by atoms with Gasteiger partial charge in [-0.2, -0.15) is 0 Å². The molecule has 4 atom stereocenters. The summed E-state index contributed by atoms with van der Waals surface area (Å²) < 4.78 is 16.8. The number of fused-ring (bicyclic) bond motifs is 5. The summed E-state index contributed by atoms with van der Waals surface area (Å²) in [6.45, 7) is 5.91. The zero-order valence-electron chi connectivity index (χ0n) is 18.4. The van der Waals surface area contributed by atoms with Crippen molar-refractivity contribution < 1.29 is 28.3 Å². The molecular weight excluding hydrogens is 412 g/mol. The number of carbonyl (C=O) groups is 3. The average Bonchev–Trinajstić information content (AvgIpc) is 3.36. The molecule has 0 saturated carbocycles. The van der Waals surface area contributed by atoms with E-state index in [1.54, 1.807) is 30.9 Å². The molecule has 0 radical (unpaired) electrons. The summed E-state index contributed by atoms with van der Waals surface area (Å²) >= 11 is 0. The zero-order valence-corrected chi connectivity index (χ0v) is 18.4. The van der Waals surface area contributed by atoms with Crippen LogP contribution in [0.15, 0.2) is 41.0 Å². The monoisotopic (exact) mass is 438 g/mol. The second kappa shape index (κ2) is 7.39. The highest BCUT2D eigenvalue weighted by molar-refractivity contribution is 6.02. The van der Waals surface area contributed by atoms with Gasteiger partial charge in [0.1, 0.15) is 23.6 Å². The number of hydrogen-bond acceptors (Lipinski definition) is 6. The number of hydrogen-bond donors (Lipinski definition) is 0. The Bertz CT molecular complexity index is 1080.